The Morgan fingerprint density at radius 2 is 1.95 bits per heavy atom. The van der Waals surface area contributed by atoms with E-state index in [1.165, 1.54) is 32.4 Å². The highest BCUT2D eigenvalue weighted by molar-refractivity contribution is 6.12. The number of fused-ring (bicyclic) bond motifs is 1. The van der Waals surface area contributed by atoms with Gasteiger partial charge in [0, 0.05) is 0 Å². The average molecular weight is 292 g/mol. The van der Waals surface area contributed by atoms with Crippen LogP contribution in [-0.2, 0) is 0 Å². The zero-order valence-corrected chi connectivity index (χ0v) is 11.2. The summed E-state index contributed by atoms with van der Waals surface area (Å²) in [6.07, 6.45) is 0. The maximum Gasteiger partial charge on any atom is 0.339 e. The van der Waals surface area contributed by atoms with Crippen LogP contribution in [0.25, 0.3) is 10.8 Å². The highest BCUT2D eigenvalue weighted by Gasteiger charge is 2.23. The van der Waals surface area contributed by atoms with Crippen molar-refractivity contribution in [2.75, 3.05) is 19.7 Å². The summed E-state index contributed by atoms with van der Waals surface area (Å²) in [6, 6.07) is 4.00. The Labute approximate surface area is 118 Å². The summed E-state index contributed by atoms with van der Waals surface area (Å²) in [7, 11) is 2.62. The van der Waals surface area contributed by atoms with Gasteiger partial charge in [-0.25, -0.2) is 4.79 Å². The normalized spacial score (nSPS) is 10.2. The van der Waals surface area contributed by atoms with Gasteiger partial charge in [0.05, 0.1) is 30.7 Å². The number of carboxylic acid groups (broad SMARTS) is 1. The lowest BCUT2D eigenvalue weighted by Gasteiger charge is -2.16. The van der Waals surface area contributed by atoms with Crippen LogP contribution in [-0.4, -0.2) is 30.5 Å². The highest BCUT2D eigenvalue weighted by atomic mass is 16.5. The molecule has 2 rings (SSSR count). The highest BCUT2D eigenvalue weighted by Crippen LogP contribution is 2.45. The molecular weight excluding hydrogens is 280 g/mol. The zero-order chi connectivity index (χ0) is 15.6. The fourth-order valence-electron chi connectivity index (χ4n) is 2.18. The summed E-state index contributed by atoms with van der Waals surface area (Å²) in [6.45, 7) is 0. The fourth-order valence-corrected chi connectivity index (χ4v) is 2.18. The number of carboxylic acids is 1. The van der Waals surface area contributed by atoms with E-state index in [9.17, 15) is 20.0 Å². The first-order valence-corrected chi connectivity index (χ1v) is 5.77. The van der Waals surface area contributed by atoms with Crippen molar-refractivity contribution in [2.24, 2.45) is 5.18 Å². The van der Waals surface area contributed by atoms with Crippen molar-refractivity contribution in [3.63, 3.8) is 0 Å². The van der Waals surface area contributed by atoms with Crippen LogP contribution in [0.2, 0.25) is 0 Å². The molecule has 2 aromatic carbocycles. The van der Waals surface area contributed by atoms with Crippen molar-refractivity contribution in [3.05, 3.63) is 28.7 Å². The number of aromatic carboxylic acids is 1. The van der Waals surface area contributed by atoms with Gasteiger partial charge in [0.15, 0.2) is 0 Å². The van der Waals surface area contributed by atoms with E-state index in [1.807, 2.05) is 5.48 Å². The van der Waals surface area contributed by atoms with E-state index in [0.29, 0.717) is 5.39 Å². The Morgan fingerprint density at radius 1 is 1.24 bits per heavy atom. The minimum atomic E-state index is -1.24. The molecule has 21 heavy (non-hydrogen) atoms. The van der Waals surface area contributed by atoms with E-state index in [1.54, 1.807) is 0 Å². The lowest BCUT2D eigenvalue weighted by molar-refractivity contribution is 0.0693. The largest absolute Gasteiger partial charge is 0.496 e. The van der Waals surface area contributed by atoms with Gasteiger partial charge in [-0.3, -0.25) is 10.7 Å². The molecule has 0 bridgehead atoms. The van der Waals surface area contributed by atoms with Crippen LogP contribution < -0.4 is 15.0 Å². The molecule has 0 aliphatic heterocycles. The minimum Gasteiger partial charge on any atom is -0.496 e. The van der Waals surface area contributed by atoms with E-state index in [2.05, 4.69) is 5.18 Å². The number of ether oxygens (including phenoxy) is 2. The van der Waals surface area contributed by atoms with Crippen LogP contribution in [0.4, 0.5) is 11.4 Å². The lowest BCUT2D eigenvalue weighted by atomic mass is 10.0. The SMILES string of the molecule is COc1cc(C(=O)O)c(OC)c2c(N=O)ccc(NO)c12. The number of rotatable bonds is 5. The Morgan fingerprint density at radius 3 is 2.43 bits per heavy atom. The van der Waals surface area contributed by atoms with Crippen molar-refractivity contribution >= 4 is 28.1 Å². The van der Waals surface area contributed by atoms with Crippen LogP contribution in [0.15, 0.2) is 23.4 Å². The molecule has 8 nitrogen and oxygen atoms in total. The summed E-state index contributed by atoms with van der Waals surface area (Å²) in [4.78, 5) is 22.3. The van der Waals surface area contributed by atoms with Gasteiger partial charge in [-0.15, -0.1) is 4.91 Å². The molecule has 0 aromatic heterocycles. The van der Waals surface area contributed by atoms with Crippen molar-refractivity contribution in [3.8, 4) is 11.5 Å². The van der Waals surface area contributed by atoms with Gasteiger partial charge in [-0.1, -0.05) is 0 Å². The van der Waals surface area contributed by atoms with Gasteiger partial charge >= 0.3 is 5.97 Å². The second kappa shape index (κ2) is 5.63. The molecule has 0 amide bonds. The molecular formula is C13H12N2O6. The third-order valence-electron chi connectivity index (χ3n) is 3.05. The van der Waals surface area contributed by atoms with E-state index in [4.69, 9.17) is 9.47 Å². The Hall–Kier alpha value is -2.87. The Balaban J connectivity index is 3.09. The number of nitrogens with one attached hydrogen (secondary N) is 1. The predicted molar refractivity (Wildman–Crippen MR) is 74.9 cm³/mol. The summed E-state index contributed by atoms with van der Waals surface area (Å²) < 4.78 is 10.3. The average Bonchev–Trinajstić information content (AvgIpc) is 2.51. The maximum absolute atomic E-state index is 11.3. The minimum absolute atomic E-state index is 0.0257. The third-order valence-corrected chi connectivity index (χ3v) is 3.05. The molecule has 0 unspecified atom stereocenters. The summed E-state index contributed by atoms with van der Waals surface area (Å²) in [5.41, 5.74) is 1.99. The van der Waals surface area contributed by atoms with Crippen LogP contribution in [0.3, 0.4) is 0 Å². The van der Waals surface area contributed by atoms with Gasteiger partial charge in [0.2, 0.25) is 0 Å². The molecule has 110 valence electrons. The number of methoxy groups -OCH3 is 2. The number of anilines is 1. The predicted octanol–water partition coefficient (Wildman–Crippen LogP) is 2.75. The summed E-state index contributed by atoms with van der Waals surface area (Å²) in [5, 5.41) is 21.8. The smallest absolute Gasteiger partial charge is 0.339 e. The molecule has 0 aliphatic rings. The number of carbonyl (C=O) groups is 1. The molecule has 8 heteroatoms. The van der Waals surface area contributed by atoms with Crippen LogP contribution in [0, 0.1) is 4.91 Å². The van der Waals surface area contributed by atoms with Crippen LogP contribution >= 0.6 is 0 Å². The van der Waals surface area contributed by atoms with Gasteiger partial charge in [0.1, 0.15) is 22.7 Å². The standard InChI is InChI=1S/C13H12N2O6/c1-20-9-5-6(13(16)17)12(21-2)11-8(15-19)4-3-7(14-18)10(9)11/h3-5,14,18H,1-2H3,(H,16,17). The lowest BCUT2D eigenvalue weighted by Crippen LogP contribution is -2.04. The van der Waals surface area contributed by atoms with Crippen molar-refractivity contribution in [2.45, 2.75) is 0 Å². The van der Waals surface area contributed by atoms with Crippen molar-refractivity contribution in [1.29, 1.82) is 0 Å². The fraction of sp³-hybridized carbons (Fsp3) is 0.154. The third kappa shape index (κ3) is 2.21. The first-order chi connectivity index (χ1) is 10.1. The van der Waals surface area contributed by atoms with Gasteiger partial charge in [-0.2, -0.15) is 0 Å². The van der Waals surface area contributed by atoms with Crippen LogP contribution in [0.5, 0.6) is 11.5 Å². The summed E-state index contributed by atoms with van der Waals surface area (Å²) in [5.74, 6) is -1.12. The van der Waals surface area contributed by atoms with Crippen LogP contribution in [0.1, 0.15) is 10.4 Å². The first-order valence-electron chi connectivity index (χ1n) is 5.77. The molecule has 0 atom stereocenters. The molecule has 0 spiro atoms. The topological polar surface area (TPSA) is 117 Å². The van der Waals surface area contributed by atoms with E-state index < -0.39 is 5.97 Å². The van der Waals surface area contributed by atoms with Gasteiger partial charge in [-0.05, 0) is 23.4 Å². The number of hydrogen-bond donors (Lipinski definition) is 3. The van der Waals surface area contributed by atoms with Crippen molar-refractivity contribution in [1.82, 2.24) is 0 Å². The number of hydrogen-bond acceptors (Lipinski definition) is 7. The van der Waals surface area contributed by atoms with E-state index in [-0.39, 0.29) is 33.8 Å². The Kier molecular flexibility index (Phi) is 3.90. The maximum atomic E-state index is 11.3. The number of nitroso groups, excluding NO2 is 1. The summed E-state index contributed by atoms with van der Waals surface area (Å²) >= 11 is 0. The second-order valence-corrected chi connectivity index (χ2v) is 4.05. The molecule has 0 heterocycles. The number of benzene rings is 2. The molecule has 0 saturated heterocycles. The number of nitrogens with zero attached hydrogens (tertiary/aromatic N) is 1. The Bertz CT molecular complexity index is 728. The molecule has 0 fully saturated rings. The molecule has 0 saturated carbocycles. The van der Waals surface area contributed by atoms with E-state index >= 15 is 0 Å². The first kappa shape index (κ1) is 14.5. The molecule has 0 aliphatic carbocycles. The zero-order valence-electron chi connectivity index (χ0n) is 11.2. The van der Waals surface area contributed by atoms with E-state index in [0.717, 1.165) is 0 Å². The monoisotopic (exact) mass is 292 g/mol. The van der Waals surface area contributed by atoms with Gasteiger partial charge < -0.3 is 14.6 Å². The van der Waals surface area contributed by atoms with Crippen molar-refractivity contribution < 1.29 is 24.6 Å². The quantitative estimate of drug-likeness (QED) is 0.572. The molecule has 0 radical (unpaired) electrons. The van der Waals surface area contributed by atoms with Gasteiger partial charge in [0.25, 0.3) is 0 Å². The second-order valence-electron chi connectivity index (χ2n) is 4.05. The molecule has 3 N–H and O–H groups in total. The molecule has 2 aromatic rings.